The third kappa shape index (κ3) is 2.84. The molecule has 18 heavy (non-hydrogen) atoms. The molecule has 0 atom stereocenters. The predicted molar refractivity (Wildman–Crippen MR) is 65.6 cm³/mol. The first-order valence-corrected chi connectivity index (χ1v) is 5.71. The fourth-order valence-corrected chi connectivity index (χ4v) is 1.33. The van der Waals surface area contributed by atoms with Crippen LogP contribution in [0.2, 0.25) is 5.15 Å². The quantitative estimate of drug-likeness (QED) is 0.923. The van der Waals surface area contributed by atoms with Crippen LogP contribution in [0.15, 0.2) is 22.7 Å². The van der Waals surface area contributed by atoms with Crippen molar-refractivity contribution in [3.8, 4) is 0 Å². The summed E-state index contributed by atoms with van der Waals surface area (Å²) in [6, 6.07) is 4.64. The molecule has 0 aliphatic rings. The molecule has 0 aromatic carbocycles. The van der Waals surface area contributed by atoms with Gasteiger partial charge in [-0.05, 0) is 18.1 Å². The van der Waals surface area contributed by atoms with Crippen molar-refractivity contribution in [2.75, 3.05) is 5.32 Å². The molecule has 0 aliphatic heterocycles. The van der Waals surface area contributed by atoms with Gasteiger partial charge in [0.05, 0.1) is 5.69 Å². The minimum Gasteiger partial charge on any atom is -0.338 e. The number of rotatable bonds is 3. The lowest BCUT2D eigenvalue weighted by Gasteiger charge is -1.99. The summed E-state index contributed by atoms with van der Waals surface area (Å²) in [6.07, 6.45) is 0. The maximum absolute atomic E-state index is 11.8. The van der Waals surface area contributed by atoms with E-state index in [1.54, 1.807) is 6.07 Å². The molecule has 2 aromatic rings. The number of carbonyl (C=O) groups is 1. The smallest absolute Gasteiger partial charge is 0.278 e. The summed E-state index contributed by atoms with van der Waals surface area (Å²) >= 11 is 5.58. The van der Waals surface area contributed by atoms with E-state index < -0.39 is 5.91 Å². The molecule has 0 radical (unpaired) electrons. The van der Waals surface area contributed by atoms with E-state index in [9.17, 15) is 4.79 Å². The average Bonchev–Trinajstić information content (AvgIpc) is 2.78. The Balaban J connectivity index is 2.08. The maximum atomic E-state index is 11.8. The van der Waals surface area contributed by atoms with Gasteiger partial charge in [0.2, 0.25) is 5.88 Å². The molecule has 2 heterocycles. The number of nitrogens with zero attached hydrogens (tertiary/aromatic N) is 3. The number of anilines is 1. The molecular weight excluding hydrogens is 256 g/mol. The predicted octanol–water partition coefficient (Wildman–Crippen LogP) is 2.49. The van der Waals surface area contributed by atoms with Crippen LogP contribution < -0.4 is 5.32 Å². The van der Waals surface area contributed by atoms with Crippen molar-refractivity contribution in [3.05, 3.63) is 34.7 Å². The Kier molecular flexibility index (Phi) is 3.57. The minimum absolute atomic E-state index is 0.155. The van der Waals surface area contributed by atoms with E-state index in [-0.39, 0.29) is 22.6 Å². The van der Waals surface area contributed by atoms with Crippen molar-refractivity contribution in [1.82, 2.24) is 15.4 Å². The number of halogens is 1. The van der Waals surface area contributed by atoms with Gasteiger partial charge < -0.3 is 4.52 Å². The zero-order chi connectivity index (χ0) is 13.1. The van der Waals surface area contributed by atoms with Gasteiger partial charge in [0.15, 0.2) is 10.8 Å². The van der Waals surface area contributed by atoms with Crippen LogP contribution in [0.3, 0.4) is 0 Å². The van der Waals surface area contributed by atoms with E-state index >= 15 is 0 Å². The van der Waals surface area contributed by atoms with Gasteiger partial charge >= 0.3 is 0 Å². The Morgan fingerprint density at radius 1 is 1.39 bits per heavy atom. The van der Waals surface area contributed by atoms with E-state index in [4.69, 9.17) is 16.1 Å². The van der Waals surface area contributed by atoms with Crippen LogP contribution in [0.25, 0.3) is 0 Å². The highest BCUT2D eigenvalue weighted by Crippen LogP contribution is 2.17. The molecule has 6 nitrogen and oxygen atoms in total. The van der Waals surface area contributed by atoms with Crippen LogP contribution >= 0.6 is 11.6 Å². The highest BCUT2D eigenvalue weighted by molar-refractivity contribution is 6.29. The number of aromatic nitrogens is 3. The minimum atomic E-state index is -0.425. The first-order valence-electron chi connectivity index (χ1n) is 5.33. The molecule has 0 spiro atoms. The summed E-state index contributed by atoms with van der Waals surface area (Å²) in [7, 11) is 0. The molecule has 94 valence electrons. The topological polar surface area (TPSA) is 80.9 Å². The van der Waals surface area contributed by atoms with E-state index in [0.717, 1.165) is 5.69 Å². The summed E-state index contributed by atoms with van der Waals surface area (Å²) < 4.78 is 4.99. The zero-order valence-corrected chi connectivity index (χ0v) is 10.6. The average molecular weight is 267 g/mol. The van der Waals surface area contributed by atoms with Gasteiger partial charge in [0, 0.05) is 6.07 Å². The number of nitrogens with one attached hydrogen (secondary N) is 1. The highest BCUT2D eigenvalue weighted by atomic mass is 35.5. The zero-order valence-electron chi connectivity index (χ0n) is 9.85. The van der Waals surface area contributed by atoms with E-state index in [2.05, 4.69) is 20.7 Å². The summed E-state index contributed by atoms with van der Waals surface area (Å²) in [5, 5.41) is 13.8. The normalized spacial score (nSPS) is 10.7. The van der Waals surface area contributed by atoms with Gasteiger partial charge in [-0.2, -0.15) is 0 Å². The van der Waals surface area contributed by atoms with Gasteiger partial charge in [-0.15, -0.1) is 10.2 Å². The van der Waals surface area contributed by atoms with Crippen LogP contribution in [0.4, 0.5) is 5.88 Å². The summed E-state index contributed by atoms with van der Waals surface area (Å²) in [5.74, 6) is 0.0841. The van der Waals surface area contributed by atoms with E-state index in [1.165, 1.54) is 12.1 Å². The lowest BCUT2D eigenvalue weighted by atomic mass is 10.1. The first-order chi connectivity index (χ1) is 8.56. The second kappa shape index (κ2) is 5.14. The van der Waals surface area contributed by atoms with Crippen molar-refractivity contribution >= 4 is 23.4 Å². The second-order valence-corrected chi connectivity index (χ2v) is 4.35. The van der Waals surface area contributed by atoms with Gasteiger partial charge in [-0.1, -0.05) is 30.6 Å². The van der Waals surface area contributed by atoms with Crippen LogP contribution in [0, 0.1) is 0 Å². The standard InChI is InChI=1S/C11H11ClN4O2/c1-6(2)8-5-10(18-16-8)13-11(17)7-3-4-9(12)15-14-7/h3-6H,1-2H3,(H,13,17). The van der Waals surface area contributed by atoms with Crippen molar-refractivity contribution in [1.29, 1.82) is 0 Å². The summed E-state index contributed by atoms with van der Waals surface area (Å²) in [6.45, 7) is 3.96. The van der Waals surface area contributed by atoms with Gasteiger partial charge in [0.25, 0.3) is 5.91 Å². The molecule has 2 rings (SSSR count). The van der Waals surface area contributed by atoms with Crippen molar-refractivity contribution < 1.29 is 9.32 Å². The third-order valence-corrected chi connectivity index (χ3v) is 2.42. The lowest BCUT2D eigenvalue weighted by molar-refractivity contribution is 0.101. The molecule has 1 amide bonds. The van der Waals surface area contributed by atoms with Gasteiger partial charge in [0.1, 0.15) is 0 Å². The van der Waals surface area contributed by atoms with E-state index in [1.807, 2.05) is 13.8 Å². The number of hydrogen-bond donors (Lipinski definition) is 1. The molecule has 0 fully saturated rings. The van der Waals surface area contributed by atoms with Gasteiger partial charge in [-0.3, -0.25) is 10.1 Å². The first kappa shape index (κ1) is 12.5. The molecule has 0 unspecified atom stereocenters. The monoisotopic (exact) mass is 266 g/mol. The SMILES string of the molecule is CC(C)c1cc(NC(=O)c2ccc(Cl)nn2)on1. The maximum Gasteiger partial charge on any atom is 0.278 e. The van der Waals surface area contributed by atoms with E-state index in [0.29, 0.717) is 0 Å². The highest BCUT2D eigenvalue weighted by Gasteiger charge is 2.13. The Hall–Kier alpha value is -1.95. The molecule has 2 aromatic heterocycles. The summed E-state index contributed by atoms with van der Waals surface area (Å²) in [5.41, 5.74) is 0.925. The second-order valence-electron chi connectivity index (χ2n) is 3.97. The van der Waals surface area contributed by atoms with Crippen molar-refractivity contribution in [2.45, 2.75) is 19.8 Å². The van der Waals surface area contributed by atoms with Crippen molar-refractivity contribution in [3.63, 3.8) is 0 Å². The number of hydrogen-bond acceptors (Lipinski definition) is 5. The molecular formula is C11H11ClN4O2. The molecule has 0 bridgehead atoms. The molecule has 0 saturated heterocycles. The summed E-state index contributed by atoms with van der Waals surface area (Å²) in [4.78, 5) is 11.8. The fourth-order valence-electron chi connectivity index (χ4n) is 1.23. The number of carbonyl (C=O) groups excluding carboxylic acids is 1. The molecule has 0 saturated carbocycles. The largest absolute Gasteiger partial charge is 0.338 e. The lowest BCUT2D eigenvalue weighted by Crippen LogP contribution is -2.13. The van der Waals surface area contributed by atoms with Crippen LogP contribution in [0.5, 0.6) is 0 Å². The van der Waals surface area contributed by atoms with Crippen LogP contribution in [-0.4, -0.2) is 21.3 Å². The molecule has 0 aliphatic carbocycles. The Morgan fingerprint density at radius 2 is 2.17 bits per heavy atom. The molecule has 7 heteroatoms. The Morgan fingerprint density at radius 3 is 2.72 bits per heavy atom. The van der Waals surface area contributed by atoms with Gasteiger partial charge in [-0.25, -0.2) is 0 Å². The number of amides is 1. The van der Waals surface area contributed by atoms with Crippen molar-refractivity contribution in [2.24, 2.45) is 0 Å². The third-order valence-electron chi connectivity index (χ3n) is 2.22. The fraction of sp³-hybridized carbons (Fsp3) is 0.273. The Labute approximate surface area is 108 Å². The molecule has 1 N–H and O–H groups in total. The van der Waals surface area contributed by atoms with Crippen LogP contribution in [-0.2, 0) is 0 Å². The Bertz CT molecular complexity index is 550. The van der Waals surface area contributed by atoms with Crippen LogP contribution in [0.1, 0.15) is 35.9 Å².